The maximum atomic E-state index is 5.90. The number of hydrogen-bond donors (Lipinski definition) is 1. The van der Waals surface area contributed by atoms with Crippen molar-refractivity contribution in [2.45, 2.75) is 65.9 Å². The first-order chi connectivity index (χ1) is 7.70. The van der Waals surface area contributed by atoms with Crippen LogP contribution in [0.5, 0.6) is 0 Å². The molecule has 0 aliphatic heterocycles. The molecule has 0 saturated carbocycles. The summed E-state index contributed by atoms with van der Waals surface area (Å²) in [4.78, 5) is 0. The normalized spacial score (nSPS) is 13.3. The quantitative estimate of drug-likeness (QED) is 0.547. The fraction of sp³-hybridized carbons (Fsp3) is 1.00. The van der Waals surface area contributed by atoms with Crippen LogP contribution in [0.25, 0.3) is 0 Å². The van der Waals surface area contributed by atoms with Gasteiger partial charge in [-0.3, -0.25) is 0 Å². The zero-order chi connectivity index (χ0) is 12.2. The molecule has 1 atom stereocenters. The molecule has 0 aliphatic rings. The highest BCUT2D eigenvalue weighted by atomic mass is 16.5. The van der Waals surface area contributed by atoms with Crippen molar-refractivity contribution in [3.63, 3.8) is 0 Å². The van der Waals surface area contributed by atoms with Crippen LogP contribution in [0, 0.1) is 5.92 Å². The van der Waals surface area contributed by atoms with Crippen LogP contribution < -0.4 is 5.32 Å². The van der Waals surface area contributed by atoms with Gasteiger partial charge in [0.2, 0.25) is 0 Å². The van der Waals surface area contributed by atoms with Gasteiger partial charge in [-0.05, 0) is 25.3 Å². The van der Waals surface area contributed by atoms with Crippen LogP contribution in [0.15, 0.2) is 0 Å². The molecule has 2 heteroatoms. The third kappa shape index (κ3) is 10.4. The molecule has 0 saturated heterocycles. The van der Waals surface area contributed by atoms with Gasteiger partial charge in [-0.1, -0.05) is 47.0 Å². The SMILES string of the molecule is CCCCCOC(CCC)CNCC(C)C. The van der Waals surface area contributed by atoms with Gasteiger partial charge in [0.15, 0.2) is 0 Å². The minimum absolute atomic E-state index is 0.417. The standard InChI is InChI=1S/C14H31NO/c1-5-7-8-10-16-14(9-6-2)12-15-11-13(3)4/h13-15H,5-12H2,1-4H3. The molecule has 0 aromatic rings. The van der Waals surface area contributed by atoms with Crippen LogP contribution in [0.4, 0.5) is 0 Å². The second-order valence-electron chi connectivity index (χ2n) is 5.04. The molecular formula is C14H31NO. The van der Waals surface area contributed by atoms with Gasteiger partial charge in [-0.25, -0.2) is 0 Å². The smallest absolute Gasteiger partial charge is 0.0699 e. The van der Waals surface area contributed by atoms with E-state index in [0.29, 0.717) is 6.10 Å². The number of hydrogen-bond acceptors (Lipinski definition) is 2. The van der Waals surface area contributed by atoms with Crippen molar-refractivity contribution in [1.29, 1.82) is 0 Å². The van der Waals surface area contributed by atoms with Crippen molar-refractivity contribution >= 4 is 0 Å². The van der Waals surface area contributed by atoms with Crippen LogP contribution in [-0.2, 0) is 4.74 Å². The molecule has 0 rings (SSSR count). The van der Waals surface area contributed by atoms with Crippen molar-refractivity contribution in [3.05, 3.63) is 0 Å². The molecule has 0 aromatic heterocycles. The second kappa shape index (κ2) is 11.4. The van der Waals surface area contributed by atoms with E-state index in [2.05, 4.69) is 33.0 Å². The topological polar surface area (TPSA) is 21.3 Å². The molecular weight excluding hydrogens is 198 g/mol. The van der Waals surface area contributed by atoms with Crippen molar-refractivity contribution in [2.75, 3.05) is 19.7 Å². The van der Waals surface area contributed by atoms with Crippen molar-refractivity contribution in [2.24, 2.45) is 5.92 Å². The summed E-state index contributed by atoms with van der Waals surface area (Å²) in [7, 11) is 0. The Bertz CT molecular complexity index is 137. The van der Waals surface area contributed by atoms with Crippen LogP contribution in [0.1, 0.15) is 59.8 Å². The van der Waals surface area contributed by atoms with Crippen molar-refractivity contribution in [1.82, 2.24) is 5.32 Å². The molecule has 98 valence electrons. The molecule has 0 heterocycles. The van der Waals surface area contributed by atoms with E-state index < -0.39 is 0 Å². The number of nitrogens with one attached hydrogen (secondary N) is 1. The van der Waals surface area contributed by atoms with Gasteiger partial charge in [-0.15, -0.1) is 0 Å². The molecule has 0 amide bonds. The highest BCUT2D eigenvalue weighted by Gasteiger charge is 2.07. The zero-order valence-corrected chi connectivity index (χ0v) is 11.7. The Balaban J connectivity index is 3.53. The largest absolute Gasteiger partial charge is 0.377 e. The summed E-state index contributed by atoms with van der Waals surface area (Å²) in [6.07, 6.45) is 6.58. The summed E-state index contributed by atoms with van der Waals surface area (Å²) in [5.74, 6) is 0.724. The molecule has 2 nitrogen and oxygen atoms in total. The van der Waals surface area contributed by atoms with Gasteiger partial charge in [0.25, 0.3) is 0 Å². The number of unbranched alkanes of at least 4 members (excludes halogenated alkanes) is 2. The van der Waals surface area contributed by atoms with E-state index in [1.165, 1.54) is 32.1 Å². The molecule has 0 bridgehead atoms. The second-order valence-corrected chi connectivity index (χ2v) is 5.04. The van der Waals surface area contributed by atoms with Gasteiger partial charge in [0, 0.05) is 13.2 Å². The Morgan fingerprint density at radius 1 is 1.00 bits per heavy atom. The average Bonchev–Trinajstić information content (AvgIpc) is 2.23. The average molecular weight is 229 g/mol. The minimum atomic E-state index is 0.417. The lowest BCUT2D eigenvalue weighted by Gasteiger charge is -2.18. The molecule has 16 heavy (non-hydrogen) atoms. The maximum absolute atomic E-state index is 5.90. The first kappa shape index (κ1) is 15.9. The summed E-state index contributed by atoms with van der Waals surface area (Å²) in [5, 5.41) is 3.49. The third-order valence-electron chi connectivity index (χ3n) is 2.64. The van der Waals surface area contributed by atoms with E-state index in [4.69, 9.17) is 4.74 Å². The van der Waals surface area contributed by atoms with E-state index in [1.54, 1.807) is 0 Å². The summed E-state index contributed by atoms with van der Waals surface area (Å²) < 4.78 is 5.90. The first-order valence-corrected chi connectivity index (χ1v) is 7.03. The molecule has 0 fully saturated rings. The predicted molar refractivity (Wildman–Crippen MR) is 71.9 cm³/mol. The van der Waals surface area contributed by atoms with Crippen LogP contribution in [0.3, 0.4) is 0 Å². The number of ether oxygens (including phenoxy) is 1. The van der Waals surface area contributed by atoms with Gasteiger partial charge in [0.05, 0.1) is 6.10 Å². The lowest BCUT2D eigenvalue weighted by atomic mass is 10.2. The van der Waals surface area contributed by atoms with E-state index >= 15 is 0 Å². The minimum Gasteiger partial charge on any atom is -0.377 e. The Hall–Kier alpha value is -0.0800. The maximum Gasteiger partial charge on any atom is 0.0699 e. The molecule has 0 aliphatic carbocycles. The van der Waals surface area contributed by atoms with Crippen LogP contribution in [0.2, 0.25) is 0 Å². The van der Waals surface area contributed by atoms with E-state index in [1.807, 2.05) is 0 Å². The highest BCUT2D eigenvalue weighted by Crippen LogP contribution is 2.04. The van der Waals surface area contributed by atoms with Gasteiger partial charge in [0.1, 0.15) is 0 Å². The lowest BCUT2D eigenvalue weighted by molar-refractivity contribution is 0.0443. The highest BCUT2D eigenvalue weighted by molar-refractivity contribution is 4.62. The lowest BCUT2D eigenvalue weighted by Crippen LogP contribution is -2.31. The monoisotopic (exact) mass is 229 g/mol. The Labute approximate surface area is 102 Å². The fourth-order valence-corrected chi connectivity index (χ4v) is 1.70. The Morgan fingerprint density at radius 2 is 1.75 bits per heavy atom. The van der Waals surface area contributed by atoms with Gasteiger partial charge < -0.3 is 10.1 Å². The zero-order valence-electron chi connectivity index (χ0n) is 11.7. The van der Waals surface area contributed by atoms with E-state index in [0.717, 1.165) is 25.6 Å². The van der Waals surface area contributed by atoms with Crippen molar-refractivity contribution < 1.29 is 4.74 Å². The van der Waals surface area contributed by atoms with Crippen LogP contribution >= 0.6 is 0 Å². The summed E-state index contributed by atoms with van der Waals surface area (Å²) in [6.45, 7) is 12.0. The molecule has 0 radical (unpaired) electrons. The van der Waals surface area contributed by atoms with Gasteiger partial charge >= 0.3 is 0 Å². The number of rotatable bonds is 11. The third-order valence-corrected chi connectivity index (χ3v) is 2.64. The van der Waals surface area contributed by atoms with E-state index in [9.17, 15) is 0 Å². The fourth-order valence-electron chi connectivity index (χ4n) is 1.70. The first-order valence-electron chi connectivity index (χ1n) is 7.03. The molecule has 1 unspecified atom stereocenters. The van der Waals surface area contributed by atoms with Gasteiger partial charge in [-0.2, -0.15) is 0 Å². The molecule has 0 spiro atoms. The van der Waals surface area contributed by atoms with E-state index in [-0.39, 0.29) is 0 Å². The predicted octanol–water partition coefficient (Wildman–Crippen LogP) is 3.61. The Morgan fingerprint density at radius 3 is 2.31 bits per heavy atom. The summed E-state index contributed by atoms with van der Waals surface area (Å²) in [5.41, 5.74) is 0. The van der Waals surface area contributed by atoms with Crippen LogP contribution in [-0.4, -0.2) is 25.8 Å². The molecule has 0 aromatic carbocycles. The molecule has 1 N–H and O–H groups in total. The summed E-state index contributed by atoms with van der Waals surface area (Å²) in [6, 6.07) is 0. The summed E-state index contributed by atoms with van der Waals surface area (Å²) >= 11 is 0. The Kier molecular flexibility index (Phi) is 11.3. The van der Waals surface area contributed by atoms with Crippen molar-refractivity contribution in [3.8, 4) is 0 Å².